The second-order valence-corrected chi connectivity index (χ2v) is 13.1. The molecular weight excluding hydrogens is 521 g/mol. The number of piperidine rings is 1. The lowest BCUT2D eigenvalue weighted by Gasteiger charge is -2.40. The Morgan fingerprint density at radius 2 is 1.88 bits per heavy atom. The lowest BCUT2D eigenvalue weighted by atomic mass is 9.82. The van der Waals surface area contributed by atoms with Gasteiger partial charge in [-0.3, -0.25) is 9.98 Å². The first-order chi connectivity index (χ1) is 19.2. The summed E-state index contributed by atoms with van der Waals surface area (Å²) in [7, 11) is 0. The van der Waals surface area contributed by atoms with Gasteiger partial charge in [0.05, 0.1) is 17.9 Å². The van der Waals surface area contributed by atoms with Gasteiger partial charge in [0.15, 0.2) is 6.10 Å². The first kappa shape index (κ1) is 30.8. The van der Waals surface area contributed by atoms with Crippen LogP contribution in [0.2, 0.25) is 0 Å². The van der Waals surface area contributed by atoms with E-state index in [2.05, 4.69) is 29.8 Å². The van der Waals surface area contributed by atoms with Gasteiger partial charge in [0.1, 0.15) is 11.4 Å². The van der Waals surface area contributed by atoms with Crippen molar-refractivity contribution in [3.8, 4) is 0 Å². The number of benzene rings is 1. The van der Waals surface area contributed by atoms with E-state index in [1.165, 1.54) is 12.1 Å². The van der Waals surface area contributed by atoms with E-state index in [0.29, 0.717) is 11.8 Å². The molecule has 2 unspecified atom stereocenters. The van der Waals surface area contributed by atoms with Gasteiger partial charge in [-0.05, 0) is 88.6 Å². The first-order valence-corrected chi connectivity index (χ1v) is 14.5. The number of hydrogen-bond donors (Lipinski definition) is 1. The quantitative estimate of drug-likeness (QED) is 0.371. The van der Waals surface area contributed by atoms with Gasteiger partial charge in [-0.1, -0.05) is 26.0 Å². The fourth-order valence-corrected chi connectivity index (χ4v) is 5.43. The molecule has 3 heterocycles. The predicted octanol–water partition coefficient (Wildman–Crippen LogP) is 6.55. The number of carboxylic acids is 1. The van der Waals surface area contributed by atoms with Gasteiger partial charge in [-0.25, -0.2) is 9.18 Å². The van der Waals surface area contributed by atoms with Crippen molar-refractivity contribution in [2.75, 3.05) is 24.6 Å². The molecule has 41 heavy (non-hydrogen) atoms. The minimum Gasteiger partial charge on any atom is -0.479 e. The van der Waals surface area contributed by atoms with E-state index in [1.54, 1.807) is 12.3 Å². The van der Waals surface area contributed by atoms with Crippen LogP contribution in [0.15, 0.2) is 41.5 Å². The number of carbonyl (C=O) groups is 1. The van der Waals surface area contributed by atoms with Gasteiger partial charge < -0.3 is 19.5 Å². The maximum atomic E-state index is 13.6. The summed E-state index contributed by atoms with van der Waals surface area (Å²) in [4.78, 5) is 24.3. The van der Waals surface area contributed by atoms with Crippen molar-refractivity contribution in [2.24, 2.45) is 10.4 Å². The summed E-state index contributed by atoms with van der Waals surface area (Å²) in [5, 5.41) is 10.3. The van der Waals surface area contributed by atoms with Crippen LogP contribution in [0.5, 0.6) is 0 Å². The highest BCUT2D eigenvalue weighted by Crippen LogP contribution is 2.38. The minimum atomic E-state index is -1.32. The van der Waals surface area contributed by atoms with Crippen LogP contribution in [0, 0.1) is 25.1 Å². The summed E-state index contributed by atoms with van der Waals surface area (Å²) in [6.45, 7) is 16.1. The first-order valence-electron chi connectivity index (χ1n) is 14.5. The average molecular weight is 566 g/mol. The van der Waals surface area contributed by atoms with E-state index in [4.69, 9.17) is 14.5 Å². The van der Waals surface area contributed by atoms with E-state index in [0.717, 1.165) is 59.7 Å². The minimum absolute atomic E-state index is 0.222. The maximum absolute atomic E-state index is 13.6. The molecule has 0 aliphatic carbocycles. The third-order valence-electron chi connectivity index (χ3n) is 7.98. The number of aryl methyl sites for hydroxylation is 2. The number of aromatic nitrogens is 1. The van der Waals surface area contributed by atoms with Crippen molar-refractivity contribution in [3.05, 3.63) is 64.7 Å². The Hall–Kier alpha value is -3.10. The molecule has 1 aromatic heterocycles. The van der Waals surface area contributed by atoms with Gasteiger partial charge in [0.25, 0.3) is 0 Å². The molecule has 1 N–H and O–H groups in total. The zero-order valence-electron chi connectivity index (χ0n) is 25.5. The van der Waals surface area contributed by atoms with Crippen molar-refractivity contribution >= 4 is 23.6 Å². The number of rotatable bonds is 9. The normalized spacial score (nSPS) is 21.5. The number of aliphatic carboxylic acids is 1. The number of anilines is 1. The van der Waals surface area contributed by atoms with Crippen LogP contribution in [-0.2, 0) is 20.7 Å². The molecule has 1 aromatic carbocycles. The molecule has 7 nitrogen and oxygen atoms in total. The molecule has 4 rings (SSSR count). The molecule has 0 saturated carbocycles. The molecule has 0 amide bonds. The number of halogens is 1. The molecule has 2 aliphatic heterocycles. The van der Waals surface area contributed by atoms with Crippen molar-refractivity contribution in [2.45, 2.75) is 91.5 Å². The maximum Gasteiger partial charge on any atom is 0.336 e. The van der Waals surface area contributed by atoms with Crippen LogP contribution in [0.4, 0.5) is 10.1 Å². The number of ether oxygens (including phenoxy) is 2. The van der Waals surface area contributed by atoms with Crippen LogP contribution in [0.1, 0.15) is 76.3 Å². The average Bonchev–Trinajstić information content (AvgIpc) is 2.88. The van der Waals surface area contributed by atoms with Crippen LogP contribution >= 0.6 is 0 Å². The second-order valence-electron chi connectivity index (χ2n) is 13.1. The van der Waals surface area contributed by atoms with E-state index in [1.807, 2.05) is 46.9 Å². The molecule has 2 aliphatic rings. The zero-order valence-corrected chi connectivity index (χ0v) is 25.5. The lowest BCUT2D eigenvalue weighted by Crippen LogP contribution is -2.55. The van der Waals surface area contributed by atoms with E-state index < -0.39 is 23.3 Å². The number of hydrogen-bond acceptors (Lipinski definition) is 6. The van der Waals surface area contributed by atoms with Crippen LogP contribution in [0.3, 0.4) is 0 Å². The fraction of sp³-hybridized carbons (Fsp3) is 0.545. The number of pyridine rings is 1. The SMILES string of the molecule is Cc1cc(N2CCC(C)(C)CC2)c(C2=CCC(OCCc3ccc(F)cc3C)(C(OC(C)(C)C)C(=O)O)C=N2)cn1. The molecule has 0 spiro atoms. The predicted molar refractivity (Wildman–Crippen MR) is 161 cm³/mol. The summed E-state index contributed by atoms with van der Waals surface area (Å²) in [5.74, 6) is -1.40. The topological polar surface area (TPSA) is 84.2 Å². The summed E-state index contributed by atoms with van der Waals surface area (Å²) in [6, 6.07) is 6.76. The lowest BCUT2D eigenvalue weighted by molar-refractivity contribution is -0.186. The summed E-state index contributed by atoms with van der Waals surface area (Å²) in [6.07, 6.45) is 7.09. The van der Waals surface area contributed by atoms with E-state index in [9.17, 15) is 14.3 Å². The van der Waals surface area contributed by atoms with E-state index in [-0.39, 0.29) is 18.8 Å². The van der Waals surface area contributed by atoms with Gasteiger partial charge in [-0.2, -0.15) is 0 Å². The monoisotopic (exact) mass is 565 g/mol. The highest BCUT2D eigenvalue weighted by atomic mass is 19.1. The van der Waals surface area contributed by atoms with Gasteiger partial charge in [-0.15, -0.1) is 0 Å². The summed E-state index contributed by atoms with van der Waals surface area (Å²) < 4.78 is 26.1. The number of carboxylic acid groups (broad SMARTS) is 1. The van der Waals surface area contributed by atoms with E-state index >= 15 is 0 Å². The largest absolute Gasteiger partial charge is 0.479 e. The van der Waals surface area contributed by atoms with Gasteiger partial charge in [0, 0.05) is 48.9 Å². The number of aliphatic imine (C=N–C) groups is 1. The highest BCUT2D eigenvalue weighted by molar-refractivity contribution is 5.90. The third kappa shape index (κ3) is 7.60. The molecule has 2 atom stereocenters. The molecule has 0 radical (unpaired) electrons. The Kier molecular flexibility index (Phi) is 9.04. The zero-order chi connectivity index (χ0) is 30.0. The van der Waals surface area contributed by atoms with Crippen molar-refractivity contribution in [1.29, 1.82) is 0 Å². The second kappa shape index (κ2) is 12.0. The summed E-state index contributed by atoms with van der Waals surface area (Å²) in [5.41, 5.74) is 3.74. The van der Waals surface area contributed by atoms with Crippen molar-refractivity contribution < 1.29 is 23.8 Å². The standard InChI is InChI=1S/C33H44FN3O4/c1-22-18-25(34)9-8-24(22)11-17-40-33(29(30(38)39)41-31(3,4)5)12-10-27(36-21-33)26-20-35-23(2)19-28(26)37-15-13-32(6,7)14-16-37/h8-10,18-21,29H,11-17H2,1-7H3,(H,38,39). The van der Waals surface area contributed by atoms with Crippen LogP contribution in [-0.4, -0.2) is 59.3 Å². The molecule has 2 aromatic rings. The Bertz CT molecular complexity index is 1320. The van der Waals surface area contributed by atoms with Gasteiger partial charge in [0.2, 0.25) is 0 Å². The molecule has 222 valence electrons. The molecule has 8 heteroatoms. The molecule has 0 bridgehead atoms. The number of nitrogens with zero attached hydrogens (tertiary/aromatic N) is 3. The van der Waals surface area contributed by atoms with Crippen molar-refractivity contribution in [3.63, 3.8) is 0 Å². The molecular formula is C33H44FN3O4. The van der Waals surface area contributed by atoms with Crippen LogP contribution in [0.25, 0.3) is 5.70 Å². The van der Waals surface area contributed by atoms with Crippen molar-refractivity contribution in [1.82, 2.24) is 4.98 Å². The Morgan fingerprint density at radius 1 is 1.17 bits per heavy atom. The highest BCUT2D eigenvalue weighted by Gasteiger charge is 2.47. The molecule has 1 saturated heterocycles. The third-order valence-corrected chi connectivity index (χ3v) is 7.98. The molecule has 1 fully saturated rings. The summed E-state index contributed by atoms with van der Waals surface area (Å²) >= 11 is 0. The van der Waals surface area contributed by atoms with Gasteiger partial charge >= 0.3 is 5.97 Å². The van der Waals surface area contributed by atoms with Crippen LogP contribution < -0.4 is 4.90 Å². The smallest absolute Gasteiger partial charge is 0.336 e. The Balaban J connectivity index is 1.62. The fourth-order valence-electron chi connectivity index (χ4n) is 5.43. The Morgan fingerprint density at radius 3 is 2.46 bits per heavy atom. The Labute approximate surface area is 243 Å².